The van der Waals surface area contributed by atoms with Gasteiger partial charge < -0.3 is 10.8 Å². The molecule has 4 heteroatoms. The maximum absolute atomic E-state index is 9.21. The molecule has 0 heterocycles. The van der Waals surface area contributed by atoms with Crippen molar-refractivity contribution >= 4 is 28.9 Å². The first kappa shape index (κ1) is 9.65. The average molecular weight is 206 g/mol. The van der Waals surface area contributed by atoms with Crippen LogP contribution in [0.4, 0.5) is 5.69 Å². The van der Waals surface area contributed by atoms with Gasteiger partial charge in [-0.05, 0) is 24.6 Å². The van der Waals surface area contributed by atoms with Crippen molar-refractivity contribution in [3.63, 3.8) is 0 Å². The maximum atomic E-state index is 9.21. The summed E-state index contributed by atoms with van der Waals surface area (Å²) in [5.74, 6) is 0. The Balaban J connectivity index is 3.21. The second-order valence-corrected chi connectivity index (χ2v) is 3.39. The molecule has 0 aliphatic carbocycles. The van der Waals surface area contributed by atoms with Gasteiger partial charge in [-0.25, -0.2) is 0 Å². The van der Waals surface area contributed by atoms with Crippen LogP contribution in [0.1, 0.15) is 18.6 Å². The summed E-state index contributed by atoms with van der Waals surface area (Å²) in [5, 5.41) is 9.95. The summed E-state index contributed by atoms with van der Waals surface area (Å²) >= 11 is 11.5. The van der Waals surface area contributed by atoms with Crippen LogP contribution in [0.3, 0.4) is 0 Å². The Labute approximate surface area is 80.9 Å². The fraction of sp³-hybridized carbons (Fsp3) is 0.250. The summed E-state index contributed by atoms with van der Waals surface area (Å²) < 4.78 is 0. The van der Waals surface area contributed by atoms with E-state index in [2.05, 4.69) is 0 Å². The third-order valence-corrected chi connectivity index (χ3v) is 2.21. The predicted octanol–water partition coefficient (Wildman–Crippen LogP) is 2.63. The molecule has 66 valence electrons. The molecule has 0 spiro atoms. The Bertz CT molecular complexity index is 276. The summed E-state index contributed by atoms with van der Waals surface area (Å²) in [4.78, 5) is 0. The number of nitrogen functional groups attached to an aromatic ring is 1. The Hall–Kier alpha value is -0.440. The van der Waals surface area contributed by atoms with Crippen molar-refractivity contribution in [1.82, 2.24) is 0 Å². The minimum Gasteiger partial charge on any atom is -0.396 e. The van der Waals surface area contributed by atoms with E-state index in [0.29, 0.717) is 21.3 Å². The van der Waals surface area contributed by atoms with Gasteiger partial charge in [-0.1, -0.05) is 23.2 Å². The minimum atomic E-state index is -0.583. The molecule has 0 aliphatic heterocycles. The second kappa shape index (κ2) is 3.52. The Kier molecular flexibility index (Phi) is 2.83. The molecule has 3 N–H and O–H groups in total. The summed E-state index contributed by atoms with van der Waals surface area (Å²) in [5.41, 5.74) is 6.52. The fourth-order valence-corrected chi connectivity index (χ4v) is 1.35. The van der Waals surface area contributed by atoms with E-state index in [1.807, 2.05) is 0 Å². The van der Waals surface area contributed by atoms with E-state index in [-0.39, 0.29) is 0 Å². The molecular formula is C8H9Cl2NO. The van der Waals surface area contributed by atoms with E-state index in [1.54, 1.807) is 19.1 Å². The van der Waals surface area contributed by atoms with Crippen molar-refractivity contribution in [1.29, 1.82) is 0 Å². The zero-order valence-corrected chi connectivity index (χ0v) is 8.02. The highest BCUT2D eigenvalue weighted by Gasteiger charge is 2.07. The molecule has 1 atom stereocenters. The second-order valence-electron chi connectivity index (χ2n) is 2.57. The topological polar surface area (TPSA) is 46.2 Å². The zero-order valence-electron chi connectivity index (χ0n) is 6.51. The molecule has 0 amide bonds. The van der Waals surface area contributed by atoms with E-state index in [4.69, 9.17) is 28.9 Å². The molecule has 0 aliphatic rings. The molecule has 0 unspecified atom stereocenters. The predicted molar refractivity (Wildman–Crippen MR) is 51.5 cm³/mol. The summed E-state index contributed by atoms with van der Waals surface area (Å²) in [7, 11) is 0. The van der Waals surface area contributed by atoms with Crippen molar-refractivity contribution in [2.24, 2.45) is 0 Å². The lowest BCUT2D eigenvalue weighted by atomic mass is 10.1. The van der Waals surface area contributed by atoms with Crippen LogP contribution < -0.4 is 5.73 Å². The minimum absolute atomic E-state index is 0.350. The van der Waals surface area contributed by atoms with Gasteiger partial charge in [0.2, 0.25) is 0 Å². The largest absolute Gasteiger partial charge is 0.396 e. The highest BCUT2D eigenvalue weighted by molar-refractivity contribution is 6.38. The van der Waals surface area contributed by atoms with Crippen molar-refractivity contribution in [2.45, 2.75) is 13.0 Å². The van der Waals surface area contributed by atoms with Crippen molar-refractivity contribution in [3.8, 4) is 0 Å². The number of benzene rings is 1. The molecule has 1 aromatic rings. The van der Waals surface area contributed by atoms with E-state index < -0.39 is 6.10 Å². The summed E-state index contributed by atoms with van der Waals surface area (Å²) in [6, 6.07) is 3.21. The maximum Gasteiger partial charge on any atom is 0.0762 e. The zero-order chi connectivity index (χ0) is 9.30. The van der Waals surface area contributed by atoms with Gasteiger partial charge in [-0.2, -0.15) is 0 Å². The van der Waals surface area contributed by atoms with Crippen LogP contribution in [-0.2, 0) is 0 Å². The molecule has 0 radical (unpaired) electrons. The van der Waals surface area contributed by atoms with Crippen LogP contribution in [0.25, 0.3) is 0 Å². The van der Waals surface area contributed by atoms with Gasteiger partial charge in [-0.3, -0.25) is 0 Å². The third-order valence-electron chi connectivity index (χ3n) is 1.58. The van der Waals surface area contributed by atoms with Crippen molar-refractivity contribution < 1.29 is 5.11 Å². The van der Waals surface area contributed by atoms with Gasteiger partial charge in [0, 0.05) is 0 Å². The van der Waals surface area contributed by atoms with Crippen LogP contribution in [0, 0.1) is 0 Å². The number of hydrogen-bond acceptors (Lipinski definition) is 2. The average Bonchev–Trinajstić information content (AvgIpc) is 1.99. The molecule has 1 rings (SSSR count). The van der Waals surface area contributed by atoms with Crippen LogP contribution in [-0.4, -0.2) is 5.11 Å². The van der Waals surface area contributed by atoms with E-state index in [1.165, 1.54) is 0 Å². The van der Waals surface area contributed by atoms with Crippen molar-refractivity contribution in [3.05, 3.63) is 27.7 Å². The molecule has 0 fully saturated rings. The molecule has 0 bridgehead atoms. The first-order valence-electron chi connectivity index (χ1n) is 3.45. The lowest BCUT2D eigenvalue weighted by Gasteiger charge is -2.07. The fourth-order valence-electron chi connectivity index (χ4n) is 0.845. The van der Waals surface area contributed by atoms with Gasteiger partial charge in [-0.15, -0.1) is 0 Å². The number of aliphatic hydroxyl groups excluding tert-OH is 1. The molecular weight excluding hydrogens is 197 g/mol. The quantitative estimate of drug-likeness (QED) is 0.693. The standard InChI is InChI=1S/C8H9Cl2NO/c1-4(12)5-2-6(9)8(11)7(10)3-5/h2-4,12H,11H2,1H3/t4-/m1/s1. The van der Waals surface area contributed by atoms with E-state index in [0.717, 1.165) is 0 Å². The Morgan fingerprint density at radius 2 is 1.75 bits per heavy atom. The number of nitrogens with two attached hydrogens (primary N) is 1. The van der Waals surface area contributed by atoms with Gasteiger partial charge in [0.1, 0.15) is 0 Å². The van der Waals surface area contributed by atoms with Crippen LogP contribution in [0.15, 0.2) is 12.1 Å². The van der Waals surface area contributed by atoms with Gasteiger partial charge in [0.15, 0.2) is 0 Å². The Morgan fingerprint density at radius 1 is 1.33 bits per heavy atom. The smallest absolute Gasteiger partial charge is 0.0762 e. The van der Waals surface area contributed by atoms with Crippen LogP contribution >= 0.6 is 23.2 Å². The Morgan fingerprint density at radius 3 is 2.08 bits per heavy atom. The number of aliphatic hydroxyl groups is 1. The molecule has 2 nitrogen and oxygen atoms in total. The monoisotopic (exact) mass is 205 g/mol. The molecule has 0 saturated heterocycles. The number of hydrogen-bond donors (Lipinski definition) is 2. The van der Waals surface area contributed by atoms with E-state index >= 15 is 0 Å². The summed E-state index contributed by atoms with van der Waals surface area (Å²) in [6.07, 6.45) is -0.583. The first-order valence-corrected chi connectivity index (χ1v) is 4.20. The molecule has 0 saturated carbocycles. The lowest BCUT2D eigenvalue weighted by molar-refractivity contribution is 0.199. The lowest BCUT2D eigenvalue weighted by Crippen LogP contribution is -1.94. The van der Waals surface area contributed by atoms with Crippen LogP contribution in [0.5, 0.6) is 0 Å². The van der Waals surface area contributed by atoms with Crippen LogP contribution in [0.2, 0.25) is 10.0 Å². The SMILES string of the molecule is C[C@@H](O)c1cc(Cl)c(N)c(Cl)c1. The number of halogens is 2. The highest BCUT2D eigenvalue weighted by Crippen LogP contribution is 2.30. The molecule has 1 aromatic carbocycles. The first-order chi connectivity index (χ1) is 5.52. The van der Waals surface area contributed by atoms with Gasteiger partial charge in [0.25, 0.3) is 0 Å². The number of rotatable bonds is 1. The van der Waals surface area contributed by atoms with E-state index in [9.17, 15) is 5.11 Å². The number of anilines is 1. The normalized spacial score (nSPS) is 13.0. The van der Waals surface area contributed by atoms with Gasteiger partial charge in [0.05, 0.1) is 21.8 Å². The van der Waals surface area contributed by atoms with Gasteiger partial charge >= 0.3 is 0 Å². The third kappa shape index (κ3) is 1.83. The molecule has 0 aromatic heterocycles. The highest BCUT2D eigenvalue weighted by atomic mass is 35.5. The molecule has 12 heavy (non-hydrogen) atoms. The van der Waals surface area contributed by atoms with Crippen molar-refractivity contribution in [2.75, 3.05) is 5.73 Å². The summed E-state index contributed by atoms with van der Waals surface area (Å²) in [6.45, 7) is 1.64.